The van der Waals surface area contributed by atoms with E-state index in [1.165, 1.54) is 12.8 Å². The molecule has 1 amide bonds. The second-order valence-corrected chi connectivity index (χ2v) is 5.28. The summed E-state index contributed by atoms with van der Waals surface area (Å²) in [4.78, 5) is 23.9. The van der Waals surface area contributed by atoms with Gasteiger partial charge in [0.2, 0.25) is 5.91 Å². The summed E-state index contributed by atoms with van der Waals surface area (Å²) in [5, 5.41) is 19.1. The molecule has 0 saturated heterocycles. The lowest BCUT2D eigenvalue weighted by Gasteiger charge is -2.31. The van der Waals surface area contributed by atoms with Crippen LogP contribution < -0.4 is 0 Å². The van der Waals surface area contributed by atoms with E-state index in [2.05, 4.69) is 6.92 Å². The highest BCUT2D eigenvalue weighted by molar-refractivity contribution is 5.80. The van der Waals surface area contributed by atoms with Crippen molar-refractivity contribution in [1.82, 2.24) is 9.96 Å². The molecule has 0 aromatic heterocycles. The van der Waals surface area contributed by atoms with Gasteiger partial charge in [0.15, 0.2) is 0 Å². The smallest absolute Gasteiger partial charge is 0.303 e. The van der Waals surface area contributed by atoms with Gasteiger partial charge in [-0.3, -0.25) is 19.7 Å². The first-order valence-corrected chi connectivity index (χ1v) is 7.29. The maximum Gasteiger partial charge on any atom is 0.303 e. The van der Waals surface area contributed by atoms with Gasteiger partial charge in [-0.15, -0.1) is 0 Å². The highest BCUT2D eigenvalue weighted by Crippen LogP contribution is 2.13. The lowest BCUT2D eigenvalue weighted by Crippen LogP contribution is -2.46. The second-order valence-electron chi connectivity index (χ2n) is 5.28. The Balaban J connectivity index is 4.21. The third-order valence-corrected chi connectivity index (χ3v) is 3.25. The largest absolute Gasteiger partial charge is 0.481 e. The van der Waals surface area contributed by atoms with Gasteiger partial charge in [-0.25, -0.2) is 5.06 Å². The number of hydrogen-bond donors (Lipinski definition) is 2. The summed E-state index contributed by atoms with van der Waals surface area (Å²) in [6.07, 6.45) is 5.42. The molecule has 0 fully saturated rings. The summed E-state index contributed by atoms with van der Waals surface area (Å²) < 4.78 is 0. The molecule has 1 unspecified atom stereocenters. The molecule has 0 radical (unpaired) electrons. The summed E-state index contributed by atoms with van der Waals surface area (Å²) in [6, 6.07) is 0. The summed E-state index contributed by atoms with van der Waals surface area (Å²) in [6.45, 7) is 2.15. The normalized spacial score (nSPS) is 12.4. The minimum absolute atomic E-state index is 0.175. The predicted molar refractivity (Wildman–Crippen MR) is 76.4 cm³/mol. The van der Waals surface area contributed by atoms with Crippen LogP contribution in [0.5, 0.6) is 0 Å². The molecule has 0 spiro atoms. The third kappa shape index (κ3) is 8.12. The Labute approximate surface area is 121 Å². The van der Waals surface area contributed by atoms with Crippen LogP contribution in [0.1, 0.15) is 58.3 Å². The molecule has 6 heteroatoms. The van der Waals surface area contributed by atoms with Crippen molar-refractivity contribution >= 4 is 11.9 Å². The van der Waals surface area contributed by atoms with E-state index in [9.17, 15) is 14.8 Å². The highest BCUT2D eigenvalue weighted by atomic mass is 16.5. The number of hydroxylamine groups is 2. The van der Waals surface area contributed by atoms with Crippen molar-refractivity contribution in [2.45, 2.75) is 64.5 Å². The van der Waals surface area contributed by atoms with Crippen molar-refractivity contribution in [1.29, 1.82) is 0 Å². The van der Waals surface area contributed by atoms with E-state index in [-0.39, 0.29) is 12.8 Å². The number of nitrogens with zero attached hydrogens (tertiary/aromatic N) is 2. The Kier molecular flexibility index (Phi) is 10.0. The van der Waals surface area contributed by atoms with Crippen molar-refractivity contribution in [3.63, 3.8) is 0 Å². The fourth-order valence-electron chi connectivity index (χ4n) is 2.02. The number of amides is 1. The number of carboxylic acid groups (broad SMARTS) is 1. The van der Waals surface area contributed by atoms with Gasteiger partial charge in [-0.1, -0.05) is 32.6 Å². The SMILES string of the molecule is CCCCCCCC(N(C)C)N(O)C(=O)CCC(=O)O. The average molecular weight is 288 g/mol. The molecule has 118 valence electrons. The molecule has 0 aromatic carbocycles. The van der Waals surface area contributed by atoms with Gasteiger partial charge in [0.05, 0.1) is 6.42 Å². The van der Waals surface area contributed by atoms with Crippen LogP contribution in [0.15, 0.2) is 0 Å². The molecular formula is C14H28N2O4. The number of rotatable bonds is 11. The topological polar surface area (TPSA) is 81.1 Å². The van der Waals surface area contributed by atoms with Crippen molar-refractivity contribution in [3.05, 3.63) is 0 Å². The lowest BCUT2D eigenvalue weighted by atomic mass is 10.1. The van der Waals surface area contributed by atoms with Gasteiger partial charge in [0.1, 0.15) is 6.17 Å². The number of carboxylic acids is 1. The molecule has 0 saturated carbocycles. The fraction of sp³-hybridized carbons (Fsp3) is 0.857. The second kappa shape index (κ2) is 10.6. The van der Waals surface area contributed by atoms with Gasteiger partial charge < -0.3 is 5.11 Å². The zero-order valence-electron chi connectivity index (χ0n) is 12.8. The lowest BCUT2D eigenvalue weighted by molar-refractivity contribution is -0.191. The molecular weight excluding hydrogens is 260 g/mol. The molecule has 0 aliphatic heterocycles. The van der Waals surface area contributed by atoms with E-state index in [0.29, 0.717) is 11.5 Å². The zero-order chi connectivity index (χ0) is 15.5. The van der Waals surface area contributed by atoms with Gasteiger partial charge >= 0.3 is 5.97 Å². The zero-order valence-corrected chi connectivity index (χ0v) is 12.8. The van der Waals surface area contributed by atoms with E-state index in [0.717, 1.165) is 19.3 Å². The van der Waals surface area contributed by atoms with Crippen LogP contribution in [-0.4, -0.2) is 52.4 Å². The number of aliphatic carboxylic acids is 1. The number of hydrogen-bond acceptors (Lipinski definition) is 4. The van der Waals surface area contributed by atoms with Crippen LogP contribution >= 0.6 is 0 Å². The number of carbonyl (C=O) groups excluding carboxylic acids is 1. The van der Waals surface area contributed by atoms with E-state index in [1.54, 1.807) is 19.0 Å². The Bertz CT molecular complexity index is 295. The van der Waals surface area contributed by atoms with Crippen LogP contribution in [0.25, 0.3) is 0 Å². The molecule has 0 bridgehead atoms. The van der Waals surface area contributed by atoms with Crippen molar-refractivity contribution < 1.29 is 19.9 Å². The number of unbranched alkanes of at least 4 members (excludes halogenated alkanes) is 4. The molecule has 0 aliphatic carbocycles. The summed E-state index contributed by atoms with van der Waals surface area (Å²) >= 11 is 0. The Morgan fingerprint density at radius 3 is 2.15 bits per heavy atom. The third-order valence-electron chi connectivity index (χ3n) is 3.25. The first-order chi connectivity index (χ1) is 9.40. The van der Waals surface area contributed by atoms with Crippen LogP contribution in [0.3, 0.4) is 0 Å². The first-order valence-electron chi connectivity index (χ1n) is 7.29. The average Bonchev–Trinajstić information content (AvgIpc) is 2.38. The van der Waals surface area contributed by atoms with E-state index in [1.807, 2.05) is 0 Å². The van der Waals surface area contributed by atoms with Crippen LogP contribution in [-0.2, 0) is 9.59 Å². The van der Waals surface area contributed by atoms with Gasteiger partial charge in [0, 0.05) is 6.42 Å². The summed E-state index contributed by atoms with van der Waals surface area (Å²) in [5.41, 5.74) is 0. The molecule has 2 N–H and O–H groups in total. The van der Waals surface area contributed by atoms with Crippen LogP contribution in [0.2, 0.25) is 0 Å². The molecule has 0 aromatic rings. The van der Waals surface area contributed by atoms with Crippen LogP contribution in [0, 0.1) is 0 Å². The first kappa shape index (κ1) is 18.9. The molecule has 6 nitrogen and oxygen atoms in total. The monoisotopic (exact) mass is 288 g/mol. The molecule has 0 heterocycles. The quantitative estimate of drug-likeness (QED) is 0.264. The standard InChI is InChI=1S/C14H28N2O4/c1-4-5-6-7-8-9-12(15(2)3)16(20)13(17)10-11-14(18)19/h12,20H,4-11H2,1-3H3,(H,18,19). The molecule has 20 heavy (non-hydrogen) atoms. The summed E-state index contributed by atoms with van der Waals surface area (Å²) in [7, 11) is 3.59. The molecule has 0 rings (SSSR count). The Morgan fingerprint density at radius 1 is 1.05 bits per heavy atom. The van der Waals surface area contributed by atoms with Crippen LogP contribution in [0.4, 0.5) is 0 Å². The maximum absolute atomic E-state index is 11.7. The van der Waals surface area contributed by atoms with Crippen molar-refractivity contribution in [2.24, 2.45) is 0 Å². The maximum atomic E-state index is 11.7. The minimum Gasteiger partial charge on any atom is -0.481 e. The summed E-state index contributed by atoms with van der Waals surface area (Å²) in [5.74, 6) is -1.58. The molecule has 0 aliphatic rings. The highest BCUT2D eigenvalue weighted by Gasteiger charge is 2.23. The molecule has 1 atom stereocenters. The van der Waals surface area contributed by atoms with Crippen molar-refractivity contribution in [3.8, 4) is 0 Å². The van der Waals surface area contributed by atoms with E-state index < -0.39 is 18.0 Å². The van der Waals surface area contributed by atoms with E-state index in [4.69, 9.17) is 5.11 Å². The van der Waals surface area contributed by atoms with Gasteiger partial charge in [0.25, 0.3) is 0 Å². The van der Waals surface area contributed by atoms with E-state index >= 15 is 0 Å². The fourth-order valence-corrected chi connectivity index (χ4v) is 2.02. The number of carbonyl (C=O) groups is 2. The Morgan fingerprint density at radius 2 is 1.65 bits per heavy atom. The minimum atomic E-state index is -1.03. The van der Waals surface area contributed by atoms with Gasteiger partial charge in [-0.2, -0.15) is 0 Å². The van der Waals surface area contributed by atoms with Crippen molar-refractivity contribution in [2.75, 3.05) is 14.1 Å². The Hall–Kier alpha value is -1.14. The van der Waals surface area contributed by atoms with Gasteiger partial charge in [-0.05, 0) is 26.9 Å². The predicted octanol–water partition coefficient (Wildman–Crippen LogP) is 2.32.